The molecule has 1 aromatic carbocycles. The molecule has 0 spiro atoms. The van der Waals surface area contributed by atoms with Gasteiger partial charge in [-0.2, -0.15) is 18.2 Å². The van der Waals surface area contributed by atoms with E-state index in [1.165, 1.54) is 35.0 Å². The molecule has 0 radical (unpaired) electrons. The second-order valence-corrected chi connectivity index (χ2v) is 10.4. The molecule has 4 heterocycles. The summed E-state index contributed by atoms with van der Waals surface area (Å²) in [5.41, 5.74) is 0.640. The van der Waals surface area contributed by atoms with Gasteiger partial charge in [0.25, 0.3) is 0 Å². The molecule has 1 aliphatic heterocycles. The molecule has 2 aliphatic rings. The average Bonchev–Trinajstić information content (AvgIpc) is 3.51. The van der Waals surface area contributed by atoms with E-state index in [2.05, 4.69) is 25.0 Å². The molecule has 4 aromatic rings. The van der Waals surface area contributed by atoms with Crippen molar-refractivity contribution in [2.75, 3.05) is 12.0 Å². The molecule has 0 atom stereocenters. The number of imidazole rings is 1. The molecule has 14 heteroatoms. The first-order chi connectivity index (χ1) is 19.5. The van der Waals surface area contributed by atoms with Crippen molar-refractivity contribution < 1.29 is 27.1 Å². The summed E-state index contributed by atoms with van der Waals surface area (Å²) < 4.78 is 63.7. The normalized spacial score (nSPS) is 15.5. The molecule has 3 aromatic heterocycles. The Kier molecular flexibility index (Phi) is 6.50. The zero-order chi connectivity index (χ0) is 29.1. The Balaban J connectivity index is 1.33. The van der Waals surface area contributed by atoms with Crippen LogP contribution in [-0.2, 0) is 24.1 Å². The fraction of sp³-hybridized carbons (Fsp3) is 0.407. The summed E-state index contributed by atoms with van der Waals surface area (Å²) >= 11 is 0. The number of amides is 1. The van der Waals surface area contributed by atoms with Gasteiger partial charge in [0.05, 0.1) is 31.5 Å². The van der Waals surface area contributed by atoms with Gasteiger partial charge >= 0.3 is 6.18 Å². The van der Waals surface area contributed by atoms with Gasteiger partial charge in [-0.3, -0.25) is 9.69 Å². The quantitative estimate of drug-likeness (QED) is 0.283. The highest BCUT2D eigenvalue weighted by molar-refractivity contribution is 5.93. The first-order valence-corrected chi connectivity index (χ1v) is 13.1. The van der Waals surface area contributed by atoms with Crippen LogP contribution in [0, 0.1) is 5.82 Å². The molecule has 41 heavy (non-hydrogen) atoms. The predicted molar refractivity (Wildman–Crippen MR) is 138 cm³/mol. The lowest BCUT2D eigenvalue weighted by atomic mass is 10.1. The van der Waals surface area contributed by atoms with Crippen LogP contribution in [0.4, 0.5) is 23.5 Å². The van der Waals surface area contributed by atoms with Gasteiger partial charge in [-0.1, -0.05) is 6.07 Å². The molecule has 1 amide bonds. The zero-order valence-corrected chi connectivity index (χ0v) is 22.5. The Morgan fingerprint density at radius 2 is 1.93 bits per heavy atom. The lowest BCUT2D eigenvalue weighted by Gasteiger charge is -2.26. The van der Waals surface area contributed by atoms with E-state index in [0.717, 1.165) is 24.7 Å². The standard InChI is InChI=1S/C27H26F4N8O2/c1-14(2)37-12-19(27(29,30)31)34-24(37)17-7-4-15(10-18(17)28)11-38-20(40)8-9-39-26(38)35-23(36-39)21-22(16-5-6-16)32-13-33-25(21)41-3/h4,7,10,12-14,16H,5-6,8-9,11H2,1-3H3. The molecule has 0 saturated heterocycles. The lowest BCUT2D eigenvalue weighted by molar-refractivity contribution is -0.141. The van der Waals surface area contributed by atoms with E-state index in [0.29, 0.717) is 35.3 Å². The number of fused-ring (bicyclic) bond motifs is 1. The van der Waals surface area contributed by atoms with Crippen molar-refractivity contribution in [3.8, 4) is 28.7 Å². The van der Waals surface area contributed by atoms with Crippen LogP contribution in [0.3, 0.4) is 0 Å². The van der Waals surface area contributed by atoms with E-state index < -0.39 is 17.7 Å². The van der Waals surface area contributed by atoms with Crippen LogP contribution in [-0.4, -0.2) is 47.3 Å². The topological polar surface area (TPSA) is 104 Å². The van der Waals surface area contributed by atoms with E-state index in [-0.39, 0.29) is 42.2 Å². The number of methoxy groups -OCH3 is 1. The van der Waals surface area contributed by atoms with Gasteiger partial charge in [0, 0.05) is 24.6 Å². The number of anilines is 1. The summed E-state index contributed by atoms with van der Waals surface area (Å²) in [5.74, 6) is 0.134. The van der Waals surface area contributed by atoms with Crippen molar-refractivity contribution in [2.45, 2.75) is 64.3 Å². The number of rotatable bonds is 7. The number of aromatic nitrogens is 7. The van der Waals surface area contributed by atoms with E-state index in [4.69, 9.17) is 4.74 Å². The number of alkyl halides is 3. The van der Waals surface area contributed by atoms with Gasteiger partial charge < -0.3 is 9.30 Å². The van der Waals surface area contributed by atoms with Crippen LogP contribution < -0.4 is 9.64 Å². The first-order valence-electron chi connectivity index (χ1n) is 13.1. The van der Waals surface area contributed by atoms with Gasteiger partial charge in [0.2, 0.25) is 17.7 Å². The van der Waals surface area contributed by atoms with E-state index in [9.17, 15) is 18.0 Å². The smallest absolute Gasteiger partial charge is 0.434 e. The van der Waals surface area contributed by atoms with Crippen LogP contribution in [0.1, 0.15) is 62.0 Å². The van der Waals surface area contributed by atoms with Gasteiger partial charge in [-0.05, 0) is 44.4 Å². The van der Waals surface area contributed by atoms with Gasteiger partial charge in [0.1, 0.15) is 23.5 Å². The third kappa shape index (κ3) is 4.91. The van der Waals surface area contributed by atoms with Crippen LogP contribution in [0.5, 0.6) is 5.88 Å². The predicted octanol–water partition coefficient (Wildman–Crippen LogP) is 5.16. The summed E-state index contributed by atoms with van der Waals surface area (Å²) in [6, 6.07) is 3.76. The van der Waals surface area contributed by atoms with Crippen molar-refractivity contribution in [3.05, 3.63) is 53.5 Å². The maximum atomic E-state index is 15.4. The first kappa shape index (κ1) is 26.8. The third-order valence-electron chi connectivity index (χ3n) is 7.15. The maximum Gasteiger partial charge on any atom is 0.434 e. The van der Waals surface area contributed by atoms with E-state index in [1.54, 1.807) is 24.6 Å². The average molecular weight is 571 g/mol. The summed E-state index contributed by atoms with van der Waals surface area (Å²) in [6.45, 7) is 3.68. The zero-order valence-electron chi connectivity index (χ0n) is 22.5. The van der Waals surface area contributed by atoms with Crippen molar-refractivity contribution >= 4 is 11.9 Å². The third-order valence-corrected chi connectivity index (χ3v) is 7.15. The Morgan fingerprint density at radius 1 is 1.15 bits per heavy atom. The molecule has 0 bridgehead atoms. The number of carbonyl (C=O) groups excluding carboxylic acids is 1. The number of hydrogen-bond donors (Lipinski definition) is 0. The number of ether oxygens (including phenoxy) is 1. The Morgan fingerprint density at radius 3 is 2.59 bits per heavy atom. The molecule has 214 valence electrons. The minimum Gasteiger partial charge on any atom is -0.480 e. The number of aryl methyl sites for hydroxylation is 1. The number of benzene rings is 1. The van der Waals surface area contributed by atoms with Crippen LogP contribution in [0.25, 0.3) is 22.8 Å². The highest BCUT2D eigenvalue weighted by atomic mass is 19.4. The second-order valence-electron chi connectivity index (χ2n) is 10.4. The fourth-order valence-electron chi connectivity index (χ4n) is 4.95. The largest absolute Gasteiger partial charge is 0.480 e. The lowest BCUT2D eigenvalue weighted by Crippen LogP contribution is -2.37. The fourth-order valence-corrected chi connectivity index (χ4v) is 4.95. The van der Waals surface area contributed by atoms with E-state index in [1.807, 2.05) is 0 Å². The molecular weight excluding hydrogens is 544 g/mol. The molecule has 0 N–H and O–H groups in total. The van der Waals surface area contributed by atoms with Gasteiger partial charge in [-0.15, -0.1) is 5.10 Å². The van der Waals surface area contributed by atoms with Gasteiger partial charge in [0.15, 0.2) is 11.5 Å². The van der Waals surface area contributed by atoms with E-state index >= 15 is 4.39 Å². The van der Waals surface area contributed by atoms with Crippen molar-refractivity contribution in [3.63, 3.8) is 0 Å². The summed E-state index contributed by atoms with van der Waals surface area (Å²) in [4.78, 5) is 31.4. The molecule has 1 saturated carbocycles. The summed E-state index contributed by atoms with van der Waals surface area (Å²) in [5, 5.41) is 4.62. The minimum absolute atomic E-state index is 0.0154. The number of halogens is 4. The molecule has 6 rings (SSSR count). The van der Waals surface area contributed by atoms with Crippen molar-refractivity contribution in [1.82, 2.24) is 34.3 Å². The minimum atomic E-state index is -4.66. The maximum absolute atomic E-state index is 15.4. The highest BCUT2D eigenvalue weighted by Crippen LogP contribution is 2.45. The van der Waals surface area contributed by atoms with Crippen LogP contribution >= 0.6 is 0 Å². The molecule has 1 fully saturated rings. The summed E-state index contributed by atoms with van der Waals surface area (Å²) in [7, 11) is 1.50. The second kappa shape index (κ2) is 9.93. The molecular formula is C27H26F4N8O2. The number of nitrogens with zero attached hydrogens (tertiary/aromatic N) is 8. The van der Waals surface area contributed by atoms with Crippen LogP contribution in [0.15, 0.2) is 30.7 Å². The Hall–Kier alpha value is -4.36. The molecule has 10 nitrogen and oxygen atoms in total. The van der Waals surface area contributed by atoms with Crippen molar-refractivity contribution in [2.24, 2.45) is 0 Å². The van der Waals surface area contributed by atoms with Crippen molar-refractivity contribution in [1.29, 1.82) is 0 Å². The SMILES string of the molecule is COc1ncnc(C2CC2)c1-c1nc2n(n1)CCC(=O)N2Cc1ccc(-c2nc(C(F)(F)F)cn2C(C)C)c(F)c1. The van der Waals surface area contributed by atoms with Gasteiger partial charge in [-0.25, -0.2) is 24.0 Å². The number of hydrogen-bond acceptors (Lipinski definition) is 7. The molecule has 0 unspecified atom stereocenters. The molecule has 1 aliphatic carbocycles. The Bertz CT molecular complexity index is 1640. The van der Waals surface area contributed by atoms with Crippen LogP contribution in [0.2, 0.25) is 0 Å². The highest BCUT2D eigenvalue weighted by Gasteiger charge is 2.36. The monoisotopic (exact) mass is 570 g/mol. The Labute approximate surface area is 232 Å². The summed E-state index contributed by atoms with van der Waals surface area (Å²) in [6.07, 6.45) is -0.197. The number of carbonyl (C=O) groups is 1.